The molecule has 2 heterocycles. The Hall–Kier alpha value is -2.14. The third kappa shape index (κ3) is 3.45. The third-order valence-corrected chi connectivity index (χ3v) is 4.56. The summed E-state index contributed by atoms with van der Waals surface area (Å²) in [5, 5.41) is 3.38. The van der Waals surface area contributed by atoms with Gasteiger partial charge in [0.25, 0.3) is 5.91 Å². The van der Waals surface area contributed by atoms with Gasteiger partial charge in [-0.15, -0.1) is 0 Å². The molecule has 5 heteroatoms. The zero-order valence-corrected chi connectivity index (χ0v) is 13.8. The van der Waals surface area contributed by atoms with Gasteiger partial charge in [-0.1, -0.05) is 12.1 Å². The van der Waals surface area contributed by atoms with Crippen molar-refractivity contribution < 1.29 is 4.79 Å². The minimum Gasteiger partial charge on any atom is -0.334 e. The van der Waals surface area contributed by atoms with Crippen molar-refractivity contribution in [3.8, 4) is 0 Å². The first kappa shape index (κ1) is 15.7. The standard InChI is InChI=1S/C18H24N4O/c1-3-22-11-10-20-17(22)13-21(2)18(23)15-6-4-14(5-7-15)16-8-9-19-12-16/h4-7,10-11,16,19H,3,8-9,12-13H2,1-2H3. The molecule has 23 heavy (non-hydrogen) atoms. The topological polar surface area (TPSA) is 50.2 Å². The lowest BCUT2D eigenvalue weighted by Gasteiger charge is -2.18. The quantitative estimate of drug-likeness (QED) is 0.921. The zero-order chi connectivity index (χ0) is 16.2. The Morgan fingerprint density at radius 1 is 1.39 bits per heavy atom. The lowest BCUT2D eigenvalue weighted by molar-refractivity contribution is 0.0780. The fourth-order valence-electron chi connectivity index (χ4n) is 3.12. The number of nitrogens with zero attached hydrogens (tertiary/aromatic N) is 3. The van der Waals surface area contributed by atoms with Crippen molar-refractivity contribution in [1.29, 1.82) is 0 Å². The Labute approximate surface area is 137 Å². The summed E-state index contributed by atoms with van der Waals surface area (Å²) in [5.74, 6) is 1.53. The highest BCUT2D eigenvalue weighted by atomic mass is 16.2. The smallest absolute Gasteiger partial charge is 0.254 e. The summed E-state index contributed by atoms with van der Waals surface area (Å²) in [6.07, 6.45) is 4.90. The van der Waals surface area contributed by atoms with Crippen LogP contribution in [0.3, 0.4) is 0 Å². The molecule has 1 unspecified atom stereocenters. The largest absolute Gasteiger partial charge is 0.334 e. The molecule has 1 aliphatic heterocycles. The Kier molecular flexibility index (Phi) is 4.76. The second kappa shape index (κ2) is 6.96. The Morgan fingerprint density at radius 2 is 2.17 bits per heavy atom. The van der Waals surface area contributed by atoms with Gasteiger partial charge in [0.2, 0.25) is 0 Å². The molecule has 0 spiro atoms. The average molecular weight is 312 g/mol. The number of benzene rings is 1. The number of aryl methyl sites for hydroxylation is 1. The number of imidazole rings is 1. The van der Waals surface area contributed by atoms with Crippen LogP contribution < -0.4 is 5.32 Å². The number of hydrogen-bond acceptors (Lipinski definition) is 3. The van der Waals surface area contributed by atoms with Gasteiger partial charge in [0, 0.05) is 38.1 Å². The molecule has 2 aromatic rings. The van der Waals surface area contributed by atoms with Crippen LogP contribution in [0, 0.1) is 0 Å². The van der Waals surface area contributed by atoms with E-state index in [1.165, 1.54) is 12.0 Å². The molecule has 0 saturated carbocycles. The van der Waals surface area contributed by atoms with Gasteiger partial charge in [0.05, 0.1) is 6.54 Å². The van der Waals surface area contributed by atoms with E-state index in [4.69, 9.17) is 0 Å². The summed E-state index contributed by atoms with van der Waals surface area (Å²) in [4.78, 5) is 18.6. The van der Waals surface area contributed by atoms with Crippen LogP contribution in [0.2, 0.25) is 0 Å². The predicted octanol–water partition coefficient (Wildman–Crippen LogP) is 2.25. The molecule has 3 rings (SSSR count). The number of rotatable bonds is 5. The van der Waals surface area contributed by atoms with Gasteiger partial charge >= 0.3 is 0 Å². The van der Waals surface area contributed by atoms with Gasteiger partial charge in [-0.3, -0.25) is 4.79 Å². The molecule has 5 nitrogen and oxygen atoms in total. The fourth-order valence-corrected chi connectivity index (χ4v) is 3.12. The van der Waals surface area contributed by atoms with Crippen LogP contribution in [-0.4, -0.2) is 40.5 Å². The van der Waals surface area contributed by atoms with Gasteiger partial charge in [-0.2, -0.15) is 0 Å². The Balaban J connectivity index is 1.67. The van der Waals surface area contributed by atoms with Crippen LogP contribution >= 0.6 is 0 Å². The molecule has 1 aromatic heterocycles. The molecule has 122 valence electrons. The summed E-state index contributed by atoms with van der Waals surface area (Å²) in [6, 6.07) is 8.06. The van der Waals surface area contributed by atoms with E-state index >= 15 is 0 Å². The van der Waals surface area contributed by atoms with Gasteiger partial charge in [-0.25, -0.2) is 4.98 Å². The van der Waals surface area contributed by atoms with Crippen LogP contribution in [0.5, 0.6) is 0 Å². The SMILES string of the molecule is CCn1ccnc1CN(C)C(=O)c1ccc(C2CCNC2)cc1. The van der Waals surface area contributed by atoms with Crippen LogP contribution in [0.25, 0.3) is 0 Å². The third-order valence-electron chi connectivity index (χ3n) is 4.56. The van der Waals surface area contributed by atoms with Gasteiger partial charge in [-0.05, 0) is 43.5 Å². The molecular formula is C18H24N4O. The van der Waals surface area contributed by atoms with E-state index in [9.17, 15) is 4.79 Å². The first-order valence-electron chi connectivity index (χ1n) is 8.25. The molecule has 0 bridgehead atoms. The highest BCUT2D eigenvalue weighted by Gasteiger charge is 2.18. The second-order valence-electron chi connectivity index (χ2n) is 6.10. The van der Waals surface area contributed by atoms with Gasteiger partial charge in [0.1, 0.15) is 5.82 Å². The van der Waals surface area contributed by atoms with E-state index in [-0.39, 0.29) is 5.91 Å². The average Bonchev–Trinajstić information content (AvgIpc) is 3.25. The van der Waals surface area contributed by atoms with Crippen LogP contribution in [-0.2, 0) is 13.1 Å². The Morgan fingerprint density at radius 3 is 2.83 bits per heavy atom. The van der Waals surface area contributed by atoms with Crippen molar-refractivity contribution in [3.05, 3.63) is 53.6 Å². The van der Waals surface area contributed by atoms with Crippen molar-refractivity contribution in [1.82, 2.24) is 19.8 Å². The zero-order valence-electron chi connectivity index (χ0n) is 13.8. The maximum Gasteiger partial charge on any atom is 0.254 e. The molecule has 0 aliphatic carbocycles. The Bertz CT molecular complexity index is 656. The highest BCUT2D eigenvalue weighted by Crippen LogP contribution is 2.22. The molecule has 1 aliphatic rings. The lowest BCUT2D eigenvalue weighted by Crippen LogP contribution is -2.27. The molecule has 1 saturated heterocycles. The summed E-state index contributed by atoms with van der Waals surface area (Å²) in [5.41, 5.74) is 2.05. The van der Waals surface area contributed by atoms with E-state index in [0.717, 1.165) is 31.0 Å². The number of amides is 1. The predicted molar refractivity (Wildman–Crippen MR) is 90.4 cm³/mol. The first-order valence-corrected chi connectivity index (χ1v) is 8.25. The highest BCUT2D eigenvalue weighted by molar-refractivity contribution is 5.94. The van der Waals surface area contributed by atoms with E-state index in [0.29, 0.717) is 12.5 Å². The molecular weight excluding hydrogens is 288 g/mol. The van der Waals surface area contributed by atoms with Crippen molar-refractivity contribution in [2.24, 2.45) is 0 Å². The number of aromatic nitrogens is 2. The van der Waals surface area contributed by atoms with Gasteiger partial charge in [0.15, 0.2) is 0 Å². The molecule has 0 radical (unpaired) electrons. The minimum absolute atomic E-state index is 0.0340. The molecule has 1 fully saturated rings. The van der Waals surface area contributed by atoms with Crippen LogP contribution in [0.4, 0.5) is 0 Å². The van der Waals surface area contributed by atoms with E-state index in [2.05, 4.69) is 33.9 Å². The van der Waals surface area contributed by atoms with Crippen LogP contribution in [0.15, 0.2) is 36.7 Å². The van der Waals surface area contributed by atoms with Crippen LogP contribution in [0.1, 0.15) is 41.0 Å². The van der Waals surface area contributed by atoms with E-state index in [1.807, 2.05) is 25.4 Å². The van der Waals surface area contributed by atoms with Crippen molar-refractivity contribution >= 4 is 5.91 Å². The number of carbonyl (C=O) groups is 1. The normalized spacial score (nSPS) is 17.4. The minimum atomic E-state index is 0.0340. The number of nitrogens with one attached hydrogen (secondary N) is 1. The summed E-state index contributed by atoms with van der Waals surface area (Å²) < 4.78 is 2.06. The number of carbonyl (C=O) groups excluding carboxylic acids is 1. The molecule has 1 amide bonds. The second-order valence-corrected chi connectivity index (χ2v) is 6.10. The van der Waals surface area contributed by atoms with E-state index in [1.54, 1.807) is 11.1 Å². The van der Waals surface area contributed by atoms with E-state index < -0.39 is 0 Å². The van der Waals surface area contributed by atoms with Crippen molar-refractivity contribution in [2.75, 3.05) is 20.1 Å². The molecule has 1 N–H and O–H groups in total. The summed E-state index contributed by atoms with van der Waals surface area (Å²) in [7, 11) is 1.83. The fraction of sp³-hybridized carbons (Fsp3) is 0.444. The molecule has 1 atom stereocenters. The first-order chi connectivity index (χ1) is 11.2. The maximum absolute atomic E-state index is 12.6. The maximum atomic E-state index is 12.6. The lowest BCUT2D eigenvalue weighted by atomic mass is 9.97. The summed E-state index contributed by atoms with van der Waals surface area (Å²) >= 11 is 0. The monoisotopic (exact) mass is 312 g/mol. The summed E-state index contributed by atoms with van der Waals surface area (Å²) in [6.45, 7) is 5.57. The van der Waals surface area contributed by atoms with Crippen molar-refractivity contribution in [3.63, 3.8) is 0 Å². The van der Waals surface area contributed by atoms with Gasteiger partial charge < -0.3 is 14.8 Å². The van der Waals surface area contributed by atoms with Crippen molar-refractivity contribution in [2.45, 2.75) is 32.4 Å². The number of hydrogen-bond donors (Lipinski definition) is 1. The molecule has 1 aromatic carbocycles.